The summed E-state index contributed by atoms with van der Waals surface area (Å²) in [5, 5.41) is 0. The molecule has 2 atom stereocenters. The van der Waals surface area contributed by atoms with Crippen LogP contribution in [0.3, 0.4) is 0 Å². The zero-order valence-electron chi connectivity index (χ0n) is 9.57. The lowest BCUT2D eigenvalue weighted by Crippen LogP contribution is -2.57. The van der Waals surface area contributed by atoms with Gasteiger partial charge in [-0.05, 0) is 19.9 Å². The Morgan fingerprint density at radius 1 is 1.12 bits per heavy atom. The summed E-state index contributed by atoms with van der Waals surface area (Å²) in [6.07, 6.45) is -9.25. The van der Waals surface area contributed by atoms with Gasteiger partial charge in [0.2, 0.25) is 0 Å². The van der Waals surface area contributed by atoms with E-state index in [9.17, 15) is 26.3 Å². The molecule has 0 aliphatic carbocycles. The fraction of sp³-hybridized carbons (Fsp3) is 1.00. The predicted octanol–water partition coefficient (Wildman–Crippen LogP) is 2.54. The summed E-state index contributed by atoms with van der Waals surface area (Å²) in [5.41, 5.74) is 5.14. The molecule has 0 aromatic carbocycles. The standard InChI is InChI=1S/C9H16F6N2/c1-3-4-17(5-8(10,11)12)7(6(2)16)9(13,14)15/h6-7H,3-5,16H2,1-2H3. The van der Waals surface area contributed by atoms with E-state index in [2.05, 4.69) is 0 Å². The summed E-state index contributed by atoms with van der Waals surface area (Å²) >= 11 is 0. The highest BCUT2D eigenvalue weighted by Crippen LogP contribution is 2.29. The van der Waals surface area contributed by atoms with Crippen LogP contribution in [0, 0.1) is 0 Å². The van der Waals surface area contributed by atoms with Crippen molar-refractivity contribution in [3.63, 3.8) is 0 Å². The number of hydrogen-bond donors (Lipinski definition) is 1. The molecule has 0 amide bonds. The topological polar surface area (TPSA) is 29.3 Å². The summed E-state index contributed by atoms with van der Waals surface area (Å²) < 4.78 is 74.5. The van der Waals surface area contributed by atoms with Crippen molar-refractivity contribution in [2.45, 2.75) is 44.7 Å². The molecule has 0 aliphatic heterocycles. The van der Waals surface area contributed by atoms with Gasteiger partial charge in [-0.15, -0.1) is 0 Å². The molecular formula is C9H16F6N2. The van der Waals surface area contributed by atoms with Crippen LogP contribution in [0.5, 0.6) is 0 Å². The Morgan fingerprint density at radius 3 is 1.82 bits per heavy atom. The lowest BCUT2D eigenvalue weighted by atomic mass is 10.1. The monoisotopic (exact) mass is 266 g/mol. The second-order valence-corrected chi connectivity index (χ2v) is 3.93. The Kier molecular flexibility index (Phi) is 5.73. The molecule has 0 spiro atoms. The third-order valence-electron chi connectivity index (χ3n) is 2.12. The Balaban J connectivity index is 4.97. The highest BCUT2D eigenvalue weighted by molar-refractivity contribution is 4.86. The van der Waals surface area contributed by atoms with Crippen molar-refractivity contribution in [1.29, 1.82) is 0 Å². The van der Waals surface area contributed by atoms with E-state index in [1.54, 1.807) is 0 Å². The largest absolute Gasteiger partial charge is 0.405 e. The maximum Gasteiger partial charge on any atom is 0.405 e. The number of rotatable bonds is 5. The first-order chi connectivity index (χ1) is 7.49. The Bertz CT molecular complexity index is 223. The number of halogens is 6. The van der Waals surface area contributed by atoms with Gasteiger partial charge in [-0.1, -0.05) is 6.92 Å². The normalized spacial score (nSPS) is 17.3. The molecule has 0 saturated heterocycles. The summed E-state index contributed by atoms with van der Waals surface area (Å²) in [5.74, 6) is 0. The maximum atomic E-state index is 12.6. The molecule has 2 N–H and O–H groups in total. The smallest absolute Gasteiger partial charge is 0.326 e. The lowest BCUT2D eigenvalue weighted by Gasteiger charge is -2.35. The van der Waals surface area contributed by atoms with Crippen LogP contribution >= 0.6 is 0 Å². The van der Waals surface area contributed by atoms with Crippen LogP contribution in [0.4, 0.5) is 26.3 Å². The molecule has 2 nitrogen and oxygen atoms in total. The maximum absolute atomic E-state index is 12.6. The predicted molar refractivity (Wildman–Crippen MR) is 51.4 cm³/mol. The SMILES string of the molecule is CCCN(CC(F)(F)F)C(C(C)N)C(F)(F)F. The molecule has 17 heavy (non-hydrogen) atoms. The van der Waals surface area contributed by atoms with E-state index in [4.69, 9.17) is 5.73 Å². The first-order valence-corrected chi connectivity index (χ1v) is 5.12. The van der Waals surface area contributed by atoms with Gasteiger partial charge in [-0.25, -0.2) is 0 Å². The molecule has 0 heterocycles. The van der Waals surface area contributed by atoms with Gasteiger partial charge in [0.05, 0.1) is 6.54 Å². The first-order valence-electron chi connectivity index (χ1n) is 5.12. The van der Waals surface area contributed by atoms with Crippen molar-refractivity contribution in [2.24, 2.45) is 5.73 Å². The van der Waals surface area contributed by atoms with E-state index in [1.165, 1.54) is 6.92 Å². The van der Waals surface area contributed by atoms with Crippen LogP contribution < -0.4 is 5.73 Å². The first kappa shape index (κ1) is 16.5. The van der Waals surface area contributed by atoms with Crippen LogP contribution in [-0.4, -0.2) is 42.4 Å². The molecule has 104 valence electrons. The second-order valence-electron chi connectivity index (χ2n) is 3.93. The van der Waals surface area contributed by atoms with Crippen molar-refractivity contribution in [3.05, 3.63) is 0 Å². The zero-order valence-corrected chi connectivity index (χ0v) is 9.57. The van der Waals surface area contributed by atoms with Crippen LogP contribution in [0.2, 0.25) is 0 Å². The Morgan fingerprint density at radius 2 is 1.59 bits per heavy atom. The molecule has 0 saturated carbocycles. The number of nitrogens with two attached hydrogens (primary N) is 1. The summed E-state index contributed by atoms with van der Waals surface area (Å²) in [7, 11) is 0. The molecule has 0 aromatic heterocycles. The van der Waals surface area contributed by atoms with Crippen molar-refractivity contribution in [2.75, 3.05) is 13.1 Å². The van der Waals surface area contributed by atoms with E-state index in [1.807, 2.05) is 0 Å². The molecule has 0 aromatic rings. The summed E-state index contributed by atoms with van der Waals surface area (Å²) in [6.45, 7) is 0.660. The van der Waals surface area contributed by atoms with Crippen LogP contribution in [0.15, 0.2) is 0 Å². The molecule has 0 fully saturated rings. The fourth-order valence-electron chi connectivity index (χ4n) is 1.67. The average molecular weight is 266 g/mol. The van der Waals surface area contributed by atoms with Crippen molar-refractivity contribution >= 4 is 0 Å². The fourth-order valence-corrected chi connectivity index (χ4v) is 1.67. The molecule has 0 aliphatic rings. The van der Waals surface area contributed by atoms with Gasteiger partial charge in [0, 0.05) is 6.04 Å². The molecule has 0 bridgehead atoms. The van der Waals surface area contributed by atoms with Crippen LogP contribution in [0.25, 0.3) is 0 Å². The van der Waals surface area contributed by atoms with Crippen molar-refractivity contribution < 1.29 is 26.3 Å². The summed E-state index contributed by atoms with van der Waals surface area (Å²) in [4.78, 5) is 0.338. The minimum absolute atomic E-state index is 0.190. The average Bonchev–Trinajstić information content (AvgIpc) is 1.96. The van der Waals surface area contributed by atoms with Gasteiger partial charge in [-0.2, -0.15) is 26.3 Å². The quantitative estimate of drug-likeness (QED) is 0.775. The third-order valence-corrected chi connectivity index (χ3v) is 2.12. The van der Waals surface area contributed by atoms with Gasteiger partial charge >= 0.3 is 12.4 Å². The Labute approximate surface area is 95.8 Å². The van der Waals surface area contributed by atoms with Crippen molar-refractivity contribution in [3.8, 4) is 0 Å². The van der Waals surface area contributed by atoms with Gasteiger partial charge in [0.1, 0.15) is 6.04 Å². The van der Waals surface area contributed by atoms with Crippen molar-refractivity contribution in [1.82, 2.24) is 4.90 Å². The molecule has 0 rings (SSSR count). The zero-order chi connectivity index (χ0) is 13.9. The highest BCUT2D eigenvalue weighted by atomic mass is 19.4. The van der Waals surface area contributed by atoms with E-state index < -0.39 is 31.0 Å². The van der Waals surface area contributed by atoms with Crippen LogP contribution in [-0.2, 0) is 0 Å². The second kappa shape index (κ2) is 5.90. The Hall–Kier alpha value is -0.500. The molecular weight excluding hydrogens is 250 g/mol. The minimum atomic E-state index is -4.77. The third kappa shape index (κ3) is 6.11. The van der Waals surface area contributed by atoms with E-state index in [0.717, 1.165) is 6.92 Å². The highest BCUT2D eigenvalue weighted by Gasteiger charge is 2.48. The van der Waals surface area contributed by atoms with E-state index >= 15 is 0 Å². The van der Waals surface area contributed by atoms with Gasteiger partial charge < -0.3 is 5.73 Å². The number of alkyl halides is 6. The molecule has 8 heteroatoms. The number of hydrogen-bond acceptors (Lipinski definition) is 2. The van der Waals surface area contributed by atoms with Crippen LogP contribution in [0.1, 0.15) is 20.3 Å². The minimum Gasteiger partial charge on any atom is -0.326 e. The van der Waals surface area contributed by atoms with Gasteiger partial charge in [0.25, 0.3) is 0 Å². The molecule has 0 radical (unpaired) electrons. The lowest BCUT2D eigenvalue weighted by molar-refractivity contribution is -0.212. The number of nitrogens with zero attached hydrogens (tertiary/aromatic N) is 1. The summed E-state index contributed by atoms with van der Waals surface area (Å²) in [6, 6.07) is -3.69. The van der Waals surface area contributed by atoms with E-state index in [-0.39, 0.29) is 13.0 Å². The molecule has 2 unspecified atom stereocenters. The van der Waals surface area contributed by atoms with Gasteiger partial charge in [-0.3, -0.25) is 4.90 Å². The van der Waals surface area contributed by atoms with E-state index in [0.29, 0.717) is 4.90 Å². The van der Waals surface area contributed by atoms with Gasteiger partial charge in [0.15, 0.2) is 0 Å².